The molecule has 0 aliphatic carbocycles. The number of rotatable bonds is 3. The smallest absolute Gasteiger partial charge is 0.119 e. The summed E-state index contributed by atoms with van der Waals surface area (Å²) in [5.74, 6) is 0.908. The molecule has 1 heterocycles. The molecule has 88 valence electrons. The molecule has 0 saturated heterocycles. The second kappa shape index (κ2) is 5.23. The van der Waals surface area contributed by atoms with Crippen LogP contribution in [0.4, 0.5) is 0 Å². The van der Waals surface area contributed by atoms with Gasteiger partial charge in [0.2, 0.25) is 0 Å². The molecule has 0 radical (unpaired) electrons. The second-order valence-electron chi connectivity index (χ2n) is 3.68. The Morgan fingerprint density at radius 3 is 2.75 bits per heavy atom. The molecule has 0 aliphatic rings. The van der Waals surface area contributed by atoms with Crippen LogP contribution in [0.5, 0.6) is 5.75 Å². The minimum absolute atomic E-state index is 0. The molecule has 1 aromatic heterocycles. The molecule has 0 amide bonds. The molecule has 0 saturated carbocycles. The Kier molecular flexibility index (Phi) is 4.21. The van der Waals surface area contributed by atoms with E-state index in [1.807, 2.05) is 13.1 Å². The quantitative estimate of drug-likeness (QED) is 0.891. The molecule has 1 N–H and O–H groups in total. The van der Waals surface area contributed by atoms with E-state index in [1.54, 1.807) is 7.11 Å². The van der Waals surface area contributed by atoms with Crippen LogP contribution in [0.1, 0.15) is 5.56 Å². The summed E-state index contributed by atoms with van der Waals surface area (Å²) in [4.78, 5) is 0. The molecular weight excluding hydrogens is 224 g/mol. The lowest BCUT2D eigenvalue weighted by atomic mass is 10.1. The highest BCUT2D eigenvalue weighted by Gasteiger charge is 2.06. The van der Waals surface area contributed by atoms with E-state index in [0.717, 1.165) is 12.3 Å². The molecule has 3 nitrogen and oxygen atoms in total. The second-order valence-corrected chi connectivity index (χ2v) is 3.68. The van der Waals surface area contributed by atoms with Crippen LogP contribution < -0.4 is 10.1 Å². The van der Waals surface area contributed by atoms with E-state index < -0.39 is 0 Å². The Balaban J connectivity index is 0.00000128. The Labute approximate surface area is 102 Å². The highest BCUT2D eigenvalue weighted by molar-refractivity contribution is 5.85. The van der Waals surface area contributed by atoms with Crippen LogP contribution in [0.15, 0.2) is 24.4 Å². The van der Waals surface area contributed by atoms with Gasteiger partial charge in [0, 0.05) is 30.7 Å². The number of hydrogen-bond acceptors (Lipinski definition) is 2. The van der Waals surface area contributed by atoms with E-state index in [2.05, 4.69) is 35.3 Å². The van der Waals surface area contributed by atoms with E-state index in [-0.39, 0.29) is 12.4 Å². The molecule has 2 rings (SSSR count). The van der Waals surface area contributed by atoms with E-state index in [4.69, 9.17) is 4.74 Å². The highest BCUT2D eigenvalue weighted by Crippen LogP contribution is 2.25. The molecule has 0 atom stereocenters. The van der Waals surface area contributed by atoms with Gasteiger partial charge >= 0.3 is 0 Å². The first kappa shape index (κ1) is 12.9. The summed E-state index contributed by atoms with van der Waals surface area (Å²) in [5.41, 5.74) is 2.54. The third-order valence-corrected chi connectivity index (χ3v) is 2.65. The topological polar surface area (TPSA) is 26.2 Å². The standard InChI is InChI=1S/C12H16N2O.ClH/c1-13-7-9-8-14(2)12-5-4-10(15-3)6-11(9)12;/h4-6,8,13H,7H2,1-3H3;1H. The predicted octanol–water partition coefficient (Wildman–Crippen LogP) is 2.33. The van der Waals surface area contributed by atoms with Gasteiger partial charge in [-0.15, -0.1) is 12.4 Å². The van der Waals surface area contributed by atoms with E-state index in [1.165, 1.54) is 16.5 Å². The summed E-state index contributed by atoms with van der Waals surface area (Å²) < 4.78 is 7.38. The van der Waals surface area contributed by atoms with Crippen molar-refractivity contribution in [2.75, 3.05) is 14.2 Å². The van der Waals surface area contributed by atoms with Gasteiger partial charge in [0.25, 0.3) is 0 Å². The number of ether oxygens (including phenoxy) is 1. The van der Waals surface area contributed by atoms with Gasteiger partial charge in [0.05, 0.1) is 7.11 Å². The molecule has 2 aromatic rings. The third-order valence-electron chi connectivity index (χ3n) is 2.65. The van der Waals surface area contributed by atoms with Gasteiger partial charge in [0.15, 0.2) is 0 Å². The Morgan fingerprint density at radius 1 is 1.38 bits per heavy atom. The fraction of sp³-hybridized carbons (Fsp3) is 0.333. The van der Waals surface area contributed by atoms with Crippen molar-refractivity contribution in [1.82, 2.24) is 9.88 Å². The average molecular weight is 241 g/mol. The van der Waals surface area contributed by atoms with Crippen molar-refractivity contribution in [1.29, 1.82) is 0 Å². The van der Waals surface area contributed by atoms with Crippen molar-refractivity contribution in [3.63, 3.8) is 0 Å². The van der Waals surface area contributed by atoms with Crippen molar-refractivity contribution in [2.24, 2.45) is 7.05 Å². The average Bonchev–Trinajstić information content (AvgIpc) is 2.56. The molecule has 0 fully saturated rings. The zero-order valence-electron chi connectivity index (χ0n) is 9.78. The Morgan fingerprint density at radius 2 is 2.12 bits per heavy atom. The van der Waals surface area contributed by atoms with Crippen LogP contribution in [0, 0.1) is 0 Å². The number of halogens is 1. The van der Waals surface area contributed by atoms with Crippen LogP contribution >= 0.6 is 12.4 Å². The summed E-state index contributed by atoms with van der Waals surface area (Å²) in [6.45, 7) is 0.879. The normalized spacial score (nSPS) is 10.2. The van der Waals surface area contributed by atoms with Crippen LogP contribution in [0.2, 0.25) is 0 Å². The van der Waals surface area contributed by atoms with Crippen molar-refractivity contribution in [3.8, 4) is 5.75 Å². The van der Waals surface area contributed by atoms with Gasteiger partial charge in [0.1, 0.15) is 5.75 Å². The van der Waals surface area contributed by atoms with Crippen molar-refractivity contribution in [2.45, 2.75) is 6.54 Å². The minimum Gasteiger partial charge on any atom is -0.497 e. The first-order valence-corrected chi connectivity index (χ1v) is 5.03. The predicted molar refractivity (Wildman–Crippen MR) is 69.5 cm³/mol. The van der Waals surface area contributed by atoms with Crippen LogP contribution in [0.3, 0.4) is 0 Å². The Bertz CT molecular complexity index is 479. The number of methoxy groups -OCH3 is 1. The zero-order chi connectivity index (χ0) is 10.8. The monoisotopic (exact) mass is 240 g/mol. The lowest BCUT2D eigenvalue weighted by molar-refractivity contribution is 0.415. The Hall–Kier alpha value is -1.19. The van der Waals surface area contributed by atoms with E-state index in [9.17, 15) is 0 Å². The first-order chi connectivity index (χ1) is 7.26. The van der Waals surface area contributed by atoms with Crippen LogP contribution in [-0.2, 0) is 13.6 Å². The summed E-state index contributed by atoms with van der Waals surface area (Å²) in [6, 6.07) is 6.17. The van der Waals surface area contributed by atoms with Gasteiger partial charge in [-0.05, 0) is 30.8 Å². The molecule has 16 heavy (non-hydrogen) atoms. The number of benzene rings is 1. The summed E-state index contributed by atoms with van der Waals surface area (Å²) >= 11 is 0. The lowest BCUT2D eigenvalue weighted by Crippen LogP contribution is -2.04. The summed E-state index contributed by atoms with van der Waals surface area (Å²) in [5, 5.41) is 4.43. The van der Waals surface area contributed by atoms with E-state index >= 15 is 0 Å². The molecule has 0 aliphatic heterocycles. The number of nitrogens with zero attached hydrogens (tertiary/aromatic N) is 1. The van der Waals surface area contributed by atoms with Crippen molar-refractivity contribution >= 4 is 23.3 Å². The maximum atomic E-state index is 5.24. The van der Waals surface area contributed by atoms with Gasteiger partial charge in [-0.2, -0.15) is 0 Å². The SMILES string of the molecule is CNCc1cn(C)c2ccc(OC)cc12.Cl. The number of hydrogen-bond donors (Lipinski definition) is 1. The fourth-order valence-corrected chi connectivity index (χ4v) is 1.91. The van der Waals surface area contributed by atoms with Crippen LogP contribution in [-0.4, -0.2) is 18.7 Å². The maximum absolute atomic E-state index is 5.24. The summed E-state index contributed by atoms with van der Waals surface area (Å²) in [6.07, 6.45) is 2.15. The highest BCUT2D eigenvalue weighted by atomic mass is 35.5. The van der Waals surface area contributed by atoms with Gasteiger partial charge in [-0.1, -0.05) is 0 Å². The summed E-state index contributed by atoms with van der Waals surface area (Å²) in [7, 11) is 5.72. The largest absolute Gasteiger partial charge is 0.497 e. The third kappa shape index (κ3) is 2.15. The number of fused-ring (bicyclic) bond motifs is 1. The fourth-order valence-electron chi connectivity index (χ4n) is 1.91. The molecule has 4 heteroatoms. The maximum Gasteiger partial charge on any atom is 0.119 e. The van der Waals surface area contributed by atoms with Crippen molar-refractivity contribution < 1.29 is 4.74 Å². The lowest BCUT2D eigenvalue weighted by Gasteiger charge is -2.01. The number of aryl methyl sites for hydroxylation is 1. The number of nitrogens with one attached hydrogen (secondary N) is 1. The number of aromatic nitrogens is 1. The molecule has 0 bridgehead atoms. The van der Waals surface area contributed by atoms with Crippen molar-refractivity contribution in [3.05, 3.63) is 30.0 Å². The zero-order valence-corrected chi connectivity index (χ0v) is 10.6. The molecular formula is C12H17ClN2O. The van der Waals surface area contributed by atoms with Gasteiger partial charge in [-0.25, -0.2) is 0 Å². The molecule has 0 spiro atoms. The first-order valence-electron chi connectivity index (χ1n) is 5.03. The minimum atomic E-state index is 0. The van der Waals surface area contributed by atoms with E-state index in [0.29, 0.717) is 0 Å². The van der Waals surface area contributed by atoms with Crippen LogP contribution in [0.25, 0.3) is 10.9 Å². The molecule has 0 unspecified atom stereocenters. The molecule has 1 aromatic carbocycles. The van der Waals surface area contributed by atoms with Gasteiger partial charge < -0.3 is 14.6 Å². The van der Waals surface area contributed by atoms with Gasteiger partial charge in [-0.3, -0.25) is 0 Å².